The van der Waals surface area contributed by atoms with Gasteiger partial charge in [0.15, 0.2) is 0 Å². The van der Waals surface area contributed by atoms with Crippen LogP contribution in [0.5, 0.6) is 5.75 Å². The first kappa shape index (κ1) is 6.92. The molecule has 1 aromatic heterocycles. The van der Waals surface area contributed by atoms with E-state index in [1.807, 2.05) is 0 Å². The van der Waals surface area contributed by atoms with Gasteiger partial charge in [-0.1, -0.05) is 0 Å². The Bertz CT molecular complexity index is 209. The molecule has 1 N–H and O–H groups in total. The lowest BCUT2D eigenvalue weighted by Gasteiger charge is -1.95. The predicted octanol–water partition coefficient (Wildman–Crippen LogP) is 1.72. The first-order valence-corrected chi connectivity index (χ1v) is 2.63. The van der Waals surface area contributed by atoms with E-state index in [2.05, 4.69) is 4.98 Å². The van der Waals surface area contributed by atoms with Gasteiger partial charge < -0.3 is 5.11 Å². The summed E-state index contributed by atoms with van der Waals surface area (Å²) in [7, 11) is 0. The van der Waals surface area contributed by atoms with E-state index in [1.165, 1.54) is 6.07 Å². The number of nitrogens with zero attached hydrogens (tertiary/aromatic N) is 1. The van der Waals surface area contributed by atoms with E-state index in [1.54, 1.807) is 0 Å². The molecule has 0 aliphatic heterocycles. The van der Waals surface area contributed by atoms with Crippen molar-refractivity contribution in [2.24, 2.45) is 0 Å². The minimum Gasteiger partial charge on any atom is -0.506 e. The van der Waals surface area contributed by atoms with Crippen molar-refractivity contribution in [2.75, 3.05) is 0 Å². The maximum absolute atomic E-state index is 11.8. The first-order valence-electron chi connectivity index (χ1n) is 2.63. The number of aromatic hydroxyl groups is 1. The molecule has 4 heteroatoms. The summed E-state index contributed by atoms with van der Waals surface area (Å²) < 4.78 is 23.5. The third-order valence-corrected chi connectivity index (χ3v) is 0.994. The molecule has 0 fully saturated rings. The molecule has 1 rings (SSSR count). The van der Waals surface area contributed by atoms with Crippen LogP contribution in [0.25, 0.3) is 0 Å². The highest BCUT2D eigenvalue weighted by Gasteiger charge is 2.06. The lowest BCUT2D eigenvalue weighted by Crippen LogP contribution is -1.86. The van der Waals surface area contributed by atoms with Crippen molar-refractivity contribution in [2.45, 2.75) is 6.43 Å². The quantitative estimate of drug-likeness (QED) is 0.652. The summed E-state index contributed by atoms with van der Waals surface area (Å²) in [6, 6.07) is 2.26. The van der Waals surface area contributed by atoms with Gasteiger partial charge in [0.1, 0.15) is 11.4 Å². The molecule has 0 saturated carbocycles. The Morgan fingerprint density at radius 3 is 2.50 bits per heavy atom. The summed E-state index contributed by atoms with van der Waals surface area (Å²) in [5, 5.41) is 8.63. The van der Waals surface area contributed by atoms with Crippen LogP contribution >= 0.6 is 0 Å². The van der Waals surface area contributed by atoms with E-state index in [0.717, 1.165) is 12.3 Å². The Balaban J connectivity index is 2.89. The molecule has 1 aromatic rings. The van der Waals surface area contributed by atoms with Gasteiger partial charge in [0.05, 0.1) is 6.20 Å². The molecular weight excluding hydrogens is 140 g/mol. The van der Waals surface area contributed by atoms with Crippen molar-refractivity contribution in [3.63, 3.8) is 0 Å². The molecule has 0 aliphatic rings. The number of rotatable bonds is 1. The number of hydrogen-bond acceptors (Lipinski definition) is 2. The Hall–Kier alpha value is -1.19. The third-order valence-electron chi connectivity index (χ3n) is 0.994. The Morgan fingerprint density at radius 2 is 2.10 bits per heavy atom. The topological polar surface area (TPSA) is 33.1 Å². The number of hydrogen-bond donors (Lipinski definition) is 1. The van der Waals surface area contributed by atoms with Crippen LogP contribution in [0.4, 0.5) is 8.78 Å². The predicted molar refractivity (Wildman–Crippen MR) is 30.9 cm³/mol. The standard InChI is InChI=1S/C6H5F2NO/c7-6(8)5-2-1-4(10)3-9-5/h1-3,6,10H. The van der Waals surface area contributed by atoms with E-state index in [4.69, 9.17) is 5.11 Å². The molecule has 54 valence electrons. The molecule has 0 saturated heterocycles. The fourth-order valence-corrected chi connectivity index (χ4v) is 0.527. The lowest BCUT2D eigenvalue weighted by molar-refractivity contribution is 0.146. The highest BCUT2D eigenvalue weighted by molar-refractivity contribution is 5.18. The van der Waals surface area contributed by atoms with Gasteiger partial charge in [0.2, 0.25) is 0 Å². The second kappa shape index (κ2) is 2.60. The summed E-state index contributed by atoms with van der Waals surface area (Å²) >= 11 is 0. The molecule has 10 heavy (non-hydrogen) atoms. The average Bonchev–Trinajstić information content (AvgIpc) is 1.88. The lowest BCUT2D eigenvalue weighted by atomic mass is 10.3. The van der Waals surface area contributed by atoms with E-state index in [0.29, 0.717) is 0 Å². The fraction of sp³-hybridized carbons (Fsp3) is 0.167. The van der Waals surface area contributed by atoms with Crippen molar-refractivity contribution >= 4 is 0 Å². The van der Waals surface area contributed by atoms with Crippen LogP contribution in [-0.4, -0.2) is 10.1 Å². The minimum absolute atomic E-state index is 0.107. The van der Waals surface area contributed by atoms with Crippen LogP contribution in [0.2, 0.25) is 0 Å². The summed E-state index contributed by atoms with van der Waals surface area (Å²) in [6.07, 6.45) is -1.58. The van der Waals surface area contributed by atoms with Gasteiger partial charge >= 0.3 is 0 Å². The van der Waals surface area contributed by atoms with Crippen molar-refractivity contribution in [1.82, 2.24) is 4.98 Å². The Labute approximate surface area is 56.1 Å². The largest absolute Gasteiger partial charge is 0.506 e. The molecule has 0 atom stereocenters. The van der Waals surface area contributed by atoms with Gasteiger partial charge in [-0.25, -0.2) is 8.78 Å². The van der Waals surface area contributed by atoms with E-state index < -0.39 is 6.43 Å². The first-order chi connectivity index (χ1) is 4.70. The Morgan fingerprint density at radius 1 is 1.40 bits per heavy atom. The summed E-state index contributed by atoms with van der Waals surface area (Å²) in [5.74, 6) is -0.107. The zero-order valence-electron chi connectivity index (χ0n) is 4.96. The summed E-state index contributed by atoms with van der Waals surface area (Å²) in [4.78, 5) is 3.28. The molecule has 0 unspecified atom stereocenters. The van der Waals surface area contributed by atoms with Gasteiger partial charge in [-0.3, -0.25) is 4.98 Å². The number of aromatic nitrogens is 1. The van der Waals surface area contributed by atoms with Crippen LogP contribution in [-0.2, 0) is 0 Å². The van der Waals surface area contributed by atoms with Crippen LogP contribution in [0.15, 0.2) is 18.3 Å². The second-order valence-corrected chi connectivity index (χ2v) is 1.74. The second-order valence-electron chi connectivity index (χ2n) is 1.74. The van der Waals surface area contributed by atoms with Crippen LogP contribution in [0.1, 0.15) is 12.1 Å². The van der Waals surface area contributed by atoms with Gasteiger partial charge in [-0.2, -0.15) is 0 Å². The molecule has 0 aromatic carbocycles. The average molecular weight is 145 g/mol. The maximum Gasteiger partial charge on any atom is 0.280 e. The van der Waals surface area contributed by atoms with E-state index >= 15 is 0 Å². The van der Waals surface area contributed by atoms with Gasteiger partial charge in [0.25, 0.3) is 6.43 Å². The minimum atomic E-state index is -2.57. The van der Waals surface area contributed by atoms with Crippen molar-refractivity contribution in [1.29, 1.82) is 0 Å². The third kappa shape index (κ3) is 1.40. The molecule has 0 amide bonds. The number of pyridine rings is 1. The summed E-state index contributed by atoms with van der Waals surface area (Å²) in [6.45, 7) is 0. The van der Waals surface area contributed by atoms with Gasteiger partial charge in [0, 0.05) is 0 Å². The Kier molecular flexibility index (Phi) is 1.80. The number of alkyl halides is 2. The molecule has 1 heterocycles. The molecule has 2 nitrogen and oxygen atoms in total. The highest BCUT2D eigenvalue weighted by atomic mass is 19.3. The van der Waals surface area contributed by atoms with E-state index in [9.17, 15) is 8.78 Å². The van der Waals surface area contributed by atoms with Crippen molar-refractivity contribution < 1.29 is 13.9 Å². The van der Waals surface area contributed by atoms with Gasteiger partial charge in [-0.05, 0) is 12.1 Å². The zero-order valence-corrected chi connectivity index (χ0v) is 4.96. The molecular formula is C6H5F2NO. The van der Waals surface area contributed by atoms with Crippen molar-refractivity contribution in [3.8, 4) is 5.75 Å². The van der Waals surface area contributed by atoms with Gasteiger partial charge in [-0.15, -0.1) is 0 Å². The van der Waals surface area contributed by atoms with Crippen molar-refractivity contribution in [3.05, 3.63) is 24.0 Å². The normalized spacial score (nSPS) is 10.3. The van der Waals surface area contributed by atoms with Crippen LogP contribution in [0, 0.1) is 0 Å². The molecule has 0 spiro atoms. The molecule has 0 bridgehead atoms. The van der Waals surface area contributed by atoms with E-state index in [-0.39, 0.29) is 11.4 Å². The highest BCUT2D eigenvalue weighted by Crippen LogP contribution is 2.17. The summed E-state index contributed by atoms with van der Waals surface area (Å²) in [5.41, 5.74) is -0.321. The van der Waals surface area contributed by atoms with Crippen LogP contribution < -0.4 is 0 Å². The molecule has 0 radical (unpaired) electrons. The fourth-order valence-electron chi connectivity index (χ4n) is 0.527. The number of halogens is 2. The maximum atomic E-state index is 11.8. The smallest absolute Gasteiger partial charge is 0.280 e. The molecule has 0 aliphatic carbocycles. The van der Waals surface area contributed by atoms with Crippen LogP contribution in [0.3, 0.4) is 0 Å². The SMILES string of the molecule is Oc1ccc(C(F)F)nc1. The monoisotopic (exact) mass is 145 g/mol. The zero-order chi connectivity index (χ0) is 7.56.